The molecule has 0 aliphatic rings. The third-order valence-electron chi connectivity index (χ3n) is 5.96. The van der Waals surface area contributed by atoms with Crippen molar-refractivity contribution in [3.63, 3.8) is 0 Å². The molecule has 0 fully saturated rings. The van der Waals surface area contributed by atoms with Crippen LogP contribution in [0.15, 0.2) is 52.4 Å². The van der Waals surface area contributed by atoms with Crippen molar-refractivity contribution in [1.82, 2.24) is 14.0 Å². The van der Waals surface area contributed by atoms with E-state index >= 15 is 0 Å². The van der Waals surface area contributed by atoms with Gasteiger partial charge in [-0.15, -0.1) is 0 Å². The quantitative estimate of drug-likeness (QED) is 0.164. The van der Waals surface area contributed by atoms with Crippen LogP contribution in [0.2, 0.25) is 0 Å². The zero-order valence-electron chi connectivity index (χ0n) is 20.6. The smallest absolute Gasteiger partial charge is 0.279 e. The van der Waals surface area contributed by atoms with Crippen molar-refractivity contribution in [3.05, 3.63) is 90.8 Å². The molecule has 3 heterocycles. The predicted octanol–water partition coefficient (Wildman–Crippen LogP) is 3.21. The van der Waals surface area contributed by atoms with Gasteiger partial charge in [0.15, 0.2) is 5.49 Å². The van der Waals surface area contributed by atoms with Gasteiger partial charge in [-0.1, -0.05) is 12.1 Å². The number of fused-ring (bicyclic) bond motifs is 2. The van der Waals surface area contributed by atoms with Gasteiger partial charge in [-0.25, -0.2) is 4.98 Å². The van der Waals surface area contributed by atoms with E-state index in [9.17, 15) is 25.0 Å². The van der Waals surface area contributed by atoms with Crippen molar-refractivity contribution in [3.8, 4) is 6.07 Å². The number of nitro groups is 1. The Hall–Kier alpha value is -4.69. The molecule has 0 saturated carbocycles. The van der Waals surface area contributed by atoms with Crippen LogP contribution in [0, 0.1) is 35.3 Å². The van der Waals surface area contributed by atoms with Gasteiger partial charge in [0.2, 0.25) is 0 Å². The van der Waals surface area contributed by atoms with Crippen molar-refractivity contribution >= 4 is 28.3 Å². The van der Waals surface area contributed by atoms with Crippen LogP contribution >= 0.6 is 0 Å². The van der Waals surface area contributed by atoms with E-state index in [1.165, 1.54) is 22.6 Å². The van der Waals surface area contributed by atoms with Gasteiger partial charge in [0.1, 0.15) is 17.4 Å². The summed E-state index contributed by atoms with van der Waals surface area (Å²) in [5.74, 6) is -0.758. The minimum absolute atomic E-state index is 0.00420. The number of pyridine rings is 2. The summed E-state index contributed by atoms with van der Waals surface area (Å²) in [6.07, 6.45) is 2.11. The topological polar surface area (TPSA) is 145 Å². The Morgan fingerprint density at radius 3 is 2.70 bits per heavy atom. The van der Waals surface area contributed by atoms with E-state index in [1.54, 1.807) is 23.8 Å². The highest BCUT2D eigenvalue weighted by Gasteiger charge is 2.18. The molecule has 0 radical (unpaired) electrons. The van der Waals surface area contributed by atoms with Crippen molar-refractivity contribution in [2.45, 2.75) is 33.7 Å². The van der Waals surface area contributed by atoms with Crippen LogP contribution < -0.4 is 11.0 Å². The standard InChI is InChI=1S/C26H24N6O5/c1-4-37-12-6-11-30-23(29-25(33)18-9-8-16(2)21(14-18)32(35)36)19(15-27)13-20-24(30)28-22-17(3)7-5-10-31(22)26(20)34/h5,7-10,13-14H,4,6,11-12H2,1-3H3. The summed E-state index contributed by atoms with van der Waals surface area (Å²) < 4.78 is 8.43. The number of ether oxygens (including phenoxy) is 1. The zero-order chi connectivity index (χ0) is 26.7. The van der Waals surface area contributed by atoms with Crippen molar-refractivity contribution in [2.75, 3.05) is 13.2 Å². The lowest BCUT2D eigenvalue weighted by Gasteiger charge is -2.14. The van der Waals surface area contributed by atoms with Crippen LogP contribution in [0.1, 0.15) is 40.4 Å². The number of amides is 1. The Morgan fingerprint density at radius 2 is 2.00 bits per heavy atom. The van der Waals surface area contributed by atoms with Crippen molar-refractivity contribution in [1.29, 1.82) is 5.26 Å². The van der Waals surface area contributed by atoms with Gasteiger partial charge in [0.25, 0.3) is 17.2 Å². The summed E-state index contributed by atoms with van der Waals surface area (Å²) in [4.78, 5) is 46.2. The van der Waals surface area contributed by atoms with Crippen LogP contribution in [0.25, 0.3) is 16.7 Å². The third-order valence-corrected chi connectivity index (χ3v) is 5.96. The molecule has 37 heavy (non-hydrogen) atoms. The minimum atomic E-state index is -0.758. The number of rotatable bonds is 7. The first kappa shape index (κ1) is 25.4. The lowest BCUT2D eigenvalue weighted by Crippen LogP contribution is -2.30. The van der Waals surface area contributed by atoms with Gasteiger partial charge in [0.05, 0.1) is 15.9 Å². The van der Waals surface area contributed by atoms with E-state index in [4.69, 9.17) is 9.72 Å². The number of hydrogen-bond acceptors (Lipinski definition) is 7. The van der Waals surface area contributed by atoms with Gasteiger partial charge in [0, 0.05) is 43.1 Å². The molecule has 0 bridgehead atoms. The number of nitro benzene ring substituents is 1. The Balaban J connectivity index is 2.02. The highest BCUT2D eigenvalue weighted by atomic mass is 16.6. The SMILES string of the molecule is CCOCCCn1c(=NC(=O)c2ccc(C)c([N+](=O)[O-])c2)c(C#N)cc2c(=O)n3cccc(C)c3nc21. The molecule has 0 atom stereocenters. The molecule has 0 spiro atoms. The summed E-state index contributed by atoms with van der Waals surface area (Å²) in [5.41, 5.74) is 1.36. The van der Waals surface area contributed by atoms with Gasteiger partial charge in [-0.05, 0) is 51.0 Å². The van der Waals surface area contributed by atoms with E-state index in [0.717, 1.165) is 11.6 Å². The second-order valence-corrected chi connectivity index (χ2v) is 8.41. The second-order valence-electron chi connectivity index (χ2n) is 8.41. The largest absolute Gasteiger partial charge is 0.382 e. The molecular weight excluding hydrogens is 476 g/mol. The lowest BCUT2D eigenvalue weighted by molar-refractivity contribution is -0.385. The molecule has 0 saturated heterocycles. The Morgan fingerprint density at radius 1 is 1.22 bits per heavy atom. The average Bonchev–Trinajstić information content (AvgIpc) is 2.88. The molecule has 1 aromatic carbocycles. The normalized spacial score (nSPS) is 11.7. The Labute approximate surface area is 211 Å². The molecule has 3 aromatic heterocycles. The van der Waals surface area contributed by atoms with Crippen molar-refractivity contribution < 1.29 is 14.5 Å². The number of benzene rings is 1. The maximum Gasteiger partial charge on any atom is 0.279 e. The van der Waals surface area contributed by atoms with Gasteiger partial charge in [-0.2, -0.15) is 10.3 Å². The monoisotopic (exact) mass is 500 g/mol. The summed E-state index contributed by atoms with van der Waals surface area (Å²) in [6, 6.07) is 11.1. The molecule has 1 amide bonds. The highest BCUT2D eigenvalue weighted by molar-refractivity contribution is 5.96. The Bertz CT molecular complexity index is 1730. The average molecular weight is 501 g/mol. The van der Waals surface area contributed by atoms with Gasteiger partial charge in [-0.3, -0.25) is 24.1 Å². The number of aryl methyl sites for hydroxylation is 3. The number of hydrogen-bond donors (Lipinski definition) is 0. The van der Waals surface area contributed by atoms with Crippen LogP contribution in [-0.4, -0.2) is 38.0 Å². The molecule has 188 valence electrons. The molecule has 0 unspecified atom stereocenters. The fraction of sp³-hybridized carbons (Fsp3) is 0.269. The fourth-order valence-electron chi connectivity index (χ4n) is 4.07. The molecule has 0 N–H and O–H groups in total. The number of aromatic nitrogens is 3. The highest BCUT2D eigenvalue weighted by Crippen LogP contribution is 2.20. The Kier molecular flexibility index (Phi) is 7.22. The third kappa shape index (κ3) is 4.87. The number of carbonyl (C=O) groups is 1. The number of nitriles is 1. The van der Waals surface area contributed by atoms with Crippen LogP contribution in [-0.2, 0) is 11.3 Å². The molecule has 4 aromatic rings. The van der Waals surface area contributed by atoms with Gasteiger partial charge < -0.3 is 9.30 Å². The van der Waals surface area contributed by atoms with Gasteiger partial charge >= 0.3 is 0 Å². The maximum atomic E-state index is 13.3. The second kappa shape index (κ2) is 10.5. The van der Waals surface area contributed by atoms with Crippen molar-refractivity contribution in [2.24, 2.45) is 4.99 Å². The fourth-order valence-corrected chi connectivity index (χ4v) is 4.07. The van der Waals surface area contributed by atoms with E-state index < -0.39 is 10.8 Å². The summed E-state index contributed by atoms with van der Waals surface area (Å²) >= 11 is 0. The van der Waals surface area contributed by atoms with E-state index in [-0.39, 0.29) is 45.4 Å². The summed E-state index contributed by atoms with van der Waals surface area (Å²) in [5, 5.41) is 21.5. The molecule has 0 aliphatic carbocycles. The summed E-state index contributed by atoms with van der Waals surface area (Å²) in [6.45, 7) is 6.47. The lowest BCUT2D eigenvalue weighted by atomic mass is 10.1. The molecular formula is C26H24N6O5. The van der Waals surface area contributed by atoms with Crippen LogP contribution in [0.3, 0.4) is 0 Å². The van der Waals surface area contributed by atoms with E-state index in [2.05, 4.69) is 4.99 Å². The number of carbonyl (C=O) groups excluding carboxylic acids is 1. The first-order chi connectivity index (χ1) is 17.8. The van der Waals surface area contributed by atoms with Crippen LogP contribution in [0.4, 0.5) is 5.69 Å². The predicted molar refractivity (Wildman–Crippen MR) is 135 cm³/mol. The maximum absolute atomic E-state index is 13.3. The first-order valence-corrected chi connectivity index (χ1v) is 11.6. The number of nitrogens with zero attached hydrogens (tertiary/aromatic N) is 6. The van der Waals surface area contributed by atoms with E-state index in [0.29, 0.717) is 30.8 Å². The summed E-state index contributed by atoms with van der Waals surface area (Å²) in [7, 11) is 0. The molecule has 11 heteroatoms. The first-order valence-electron chi connectivity index (χ1n) is 11.6. The zero-order valence-corrected chi connectivity index (χ0v) is 20.6. The van der Waals surface area contributed by atoms with Crippen LogP contribution in [0.5, 0.6) is 0 Å². The minimum Gasteiger partial charge on any atom is -0.382 e. The molecule has 11 nitrogen and oxygen atoms in total. The van der Waals surface area contributed by atoms with E-state index in [1.807, 2.05) is 26.0 Å². The molecule has 4 rings (SSSR count). The molecule has 0 aliphatic heterocycles.